The molecule has 2 aliphatic rings. The number of piperidine rings is 1. The highest BCUT2D eigenvalue weighted by atomic mass is 35.5. The van der Waals surface area contributed by atoms with Crippen LogP contribution in [0.15, 0.2) is 36.4 Å². The number of esters is 1. The molecule has 1 heterocycles. The van der Waals surface area contributed by atoms with Gasteiger partial charge in [0.05, 0.1) is 12.7 Å². The van der Waals surface area contributed by atoms with E-state index in [2.05, 4.69) is 26.8 Å². The van der Waals surface area contributed by atoms with Crippen molar-refractivity contribution in [3.05, 3.63) is 63.7 Å². The fourth-order valence-electron chi connectivity index (χ4n) is 5.28. The Balaban J connectivity index is 1.77. The van der Waals surface area contributed by atoms with Gasteiger partial charge < -0.3 is 14.7 Å². The number of phenols is 1. The number of methoxy groups -OCH3 is 1. The molecule has 1 aliphatic carbocycles. The van der Waals surface area contributed by atoms with Crippen LogP contribution in [0, 0.1) is 5.41 Å². The van der Waals surface area contributed by atoms with Crippen LogP contribution < -0.4 is 0 Å². The second kappa shape index (κ2) is 7.02. The Morgan fingerprint density at radius 2 is 1.87 bits per heavy atom. The molecule has 2 bridgehead atoms. The van der Waals surface area contributed by atoms with Crippen molar-refractivity contribution in [1.82, 2.24) is 4.90 Å². The molecule has 0 saturated carbocycles. The number of fused-ring (bicyclic) bond motifs is 4. The van der Waals surface area contributed by atoms with Gasteiger partial charge in [0.1, 0.15) is 5.75 Å². The molecule has 2 aromatic carbocycles. The molecular weight excluding hydrogens is 402 g/mol. The Morgan fingerprint density at radius 1 is 1.17 bits per heavy atom. The minimum Gasteiger partial charge on any atom is -0.508 e. The third kappa shape index (κ3) is 2.90. The Morgan fingerprint density at radius 3 is 2.57 bits per heavy atom. The van der Waals surface area contributed by atoms with Gasteiger partial charge in [0.15, 0.2) is 0 Å². The number of halogens is 1. The van der Waals surface area contributed by atoms with E-state index in [9.17, 15) is 14.7 Å². The zero-order valence-corrected chi connectivity index (χ0v) is 18.4. The van der Waals surface area contributed by atoms with E-state index in [-0.39, 0.29) is 34.1 Å². The van der Waals surface area contributed by atoms with Gasteiger partial charge in [-0.05, 0) is 53.6 Å². The highest BCUT2D eigenvalue weighted by molar-refractivity contribution is 6.31. The number of amides is 1. The van der Waals surface area contributed by atoms with Gasteiger partial charge in [0, 0.05) is 28.6 Å². The molecule has 5 nitrogen and oxygen atoms in total. The Labute approximate surface area is 181 Å². The zero-order valence-electron chi connectivity index (χ0n) is 17.7. The summed E-state index contributed by atoms with van der Waals surface area (Å²) in [7, 11) is 1.30. The first-order valence-corrected chi connectivity index (χ1v) is 10.5. The summed E-state index contributed by atoms with van der Waals surface area (Å²) in [4.78, 5) is 27.4. The van der Waals surface area contributed by atoms with Crippen molar-refractivity contribution in [2.24, 2.45) is 5.41 Å². The van der Waals surface area contributed by atoms with E-state index >= 15 is 0 Å². The number of rotatable bonds is 2. The first-order valence-electron chi connectivity index (χ1n) is 10.1. The number of carbonyl (C=O) groups is 2. The average Bonchev–Trinajstić information content (AvgIpc) is 2.69. The molecule has 0 aromatic heterocycles. The molecule has 158 valence electrons. The number of hydrogen-bond acceptors (Lipinski definition) is 4. The minimum absolute atomic E-state index is 0.0925. The predicted octanol–water partition coefficient (Wildman–Crippen LogP) is 4.59. The van der Waals surface area contributed by atoms with Crippen molar-refractivity contribution in [2.75, 3.05) is 13.7 Å². The van der Waals surface area contributed by atoms with Crippen LogP contribution in [0.3, 0.4) is 0 Å². The summed E-state index contributed by atoms with van der Waals surface area (Å²) in [5.74, 6) is -0.416. The van der Waals surface area contributed by atoms with Gasteiger partial charge in [-0.3, -0.25) is 4.79 Å². The summed E-state index contributed by atoms with van der Waals surface area (Å²) in [6.07, 6.45) is 1.36. The van der Waals surface area contributed by atoms with Gasteiger partial charge >= 0.3 is 5.97 Å². The lowest BCUT2D eigenvalue weighted by molar-refractivity contribution is -0.0266. The SMILES string of the molecule is COC(=O)c1cc(Cl)cc(C(=O)N2CC[C@@]3(C)c4cccc(O)c4C[C@@H]2C3(C)C)c1. The molecule has 1 fully saturated rings. The molecule has 1 N–H and O–H groups in total. The van der Waals surface area contributed by atoms with Crippen molar-refractivity contribution < 1.29 is 19.4 Å². The number of phenolic OH excluding ortho intramolecular Hbond substituents is 1. The number of benzene rings is 2. The number of ether oxygens (including phenoxy) is 1. The third-order valence-corrected chi connectivity index (χ3v) is 7.67. The van der Waals surface area contributed by atoms with Crippen molar-refractivity contribution in [3.63, 3.8) is 0 Å². The van der Waals surface area contributed by atoms with Crippen molar-refractivity contribution >= 4 is 23.5 Å². The normalized spacial score (nSPS) is 24.2. The van der Waals surface area contributed by atoms with Crippen LogP contribution >= 0.6 is 11.6 Å². The number of carbonyl (C=O) groups excluding carboxylic acids is 2. The van der Waals surface area contributed by atoms with E-state index in [0.717, 1.165) is 12.0 Å². The minimum atomic E-state index is -0.533. The van der Waals surface area contributed by atoms with Crippen LogP contribution in [0.2, 0.25) is 5.02 Å². The van der Waals surface area contributed by atoms with E-state index in [0.29, 0.717) is 23.6 Å². The molecular formula is C24H26ClNO4. The Bertz CT molecular complexity index is 1050. The van der Waals surface area contributed by atoms with E-state index < -0.39 is 5.97 Å². The lowest BCUT2D eigenvalue weighted by atomic mass is 9.51. The molecule has 1 amide bonds. The number of aromatic hydroxyl groups is 1. The van der Waals surface area contributed by atoms with Crippen LogP contribution in [-0.4, -0.2) is 41.6 Å². The largest absolute Gasteiger partial charge is 0.508 e. The fraction of sp³-hybridized carbons (Fsp3) is 0.417. The van der Waals surface area contributed by atoms with Crippen molar-refractivity contribution in [3.8, 4) is 5.75 Å². The standard InChI is InChI=1S/C24H26ClNO4/c1-23(2)20-13-17-18(6-5-7-19(17)27)24(23,3)8-9-26(20)21(28)14-10-15(22(29)30-4)12-16(25)11-14/h5-7,10-12,20,27H,8-9,13H2,1-4H3/t20-,24+/m1/s1. The lowest BCUT2D eigenvalue weighted by Crippen LogP contribution is -2.64. The summed E-state index contributed by atoms with van der Waals surface area (Å²) in [6, 6.07) is 10.2. The fourth-order valence-corrected chi connectivity index (χ4v) is 5.52. The van der Waals surface area contributed by atoms with Crippen molar-refractivity contribution in [1.29, 1.82) is 0 Å². The molecule has 30 heavy (non-hydrogen) atoms. The molecule has 4 rings (SSSR count). The number of likely N-dealkylation sites (tertiary alicyclic amines) is 1. The summed E-state index contributed by atoms with van der Waals surface area (Å²) < 4.78 is 4.79. The lowest BCUT2D eigenvalue weighted by Gasteiger charge is -2.60. The third-order valence-electron chi connectivity index (χ3n) is 7.45. The predicted molar refractivity (Wildman–Crippen MR) is 115 cm³/mol. The maximum atomic E-state index is 13.6. The maximum absolute atomic E-state index is 13.6. The summed E-state index contributed by atoms with van der Waals surface area (Å²) >= 11 is 6.19. The summed E-state index contributed by atoms with van der Waals surface area (Å²) in [5, 5.41) is 10.8. The van der Waals surface area contributed by atoms with Crippen molar-refractivity contribution in [2.45, 2.75) is 45.1 Å². The van der Waals surface area contributed by atoms with Gasteiger partial charge in [-0.2, -0.15) is 0 Å². The molecule has 6 heteroatoms. The zero-order chi connectivity index (χ0) is 21.8. The highest BCUT2D eigenvalue weighted by Gasteiger charge is 2.57. The van der Waals surface area contributed by atoms with Crippen LogP contribution in [0.1, 0.15) is 59.0 Å². The van der Waals surface area contributed by atoms with Crippen LogP contribution in [0.5, 0.6) is 5.75 Å². The first-order chi connectivity index (χ1) is 14.1. The quantitative estimate of drug-likeness (QED) is 0.712. The molecule has 1 aliphatic heterocycles. The van der Waals surface area contributed by atoms with E-state index in [1.54, 1.807) is 12.1 Å². The van der Waals surface area contributed by atoms with Gasteiger partial charge in [-0.15, -0.1) is 0 Å². The molecule has 0 radical (unpaired) electrons. The molecule has 1 saturated heterocycles. The summed E-state index contributed by atoms with van der Waals surface area (Å²) in [6.45, 7) is 7.22. The molecule has 0 spiro atoms. The van der Waals surface area contributed by atoms with Crippen LogP contribution in [-0.2, 0) is 16.6 Å². The molecule has 2 atom stereocenters. The summed E-state index contributed by atoms with van der Waals surface area (Å²) in [5.41, 5.74) is 2.35. The number of nitrogens with zero attached hydrogens (tertiary/aromatic N) is 1. The highest BCUT2D eigenvalue weighted by Crippen LogP contribution is 2.57. The van der Waals surface area contributed by atoms with E-state index in [1.807, 2.05) is 11.0 Å². The average molecular weight is 428 g/mol. The molecule has 0 unspecified atom stereocenters. The smallest absolute Gasteiger partial charge is 0.337 e. The van der Waals surface area contributed by atoms with E-state index in [4.69, 9.17) is 16.3 Å². The second-order valence-corrected chi connectivity index (χ2v) is 9.48. The van der Waals surface area contributed by atoms with Gasteiger partial charge in [-0.25, -0.2) is 4.79 Å². The maximum Gasteiger partial charge on any atom is 0.337 e. The van der Waals surface area contributed by atoms with Gasteiger partial charge in [-0.1, -0.05) is 44.5 Å². The van der Waals surface area contributed by atoms with Gasteiger partial charge in [0.25, 0.3) is 5.91 Å². The Kier molecular flexibility index (Phi) is 4.85. The number of hydrogen-bond donors (Lipinski definition) is 1. The monoisotopic (exact) mass is 427 g/mol. The topological polar surface area (TPSA) is 66.8 Å². The van der Waals surface area contributed by atoms with Gasteiger partial charge in [0.2, 0.25) is 0 Å². The van der Waals surface area contributed by atoms with E-state index in [1.165, 1.54) is 24.8 Å². The second-order valence-electron chi connectivity index (χ2n) is 9.05. The Hall–Kier alpha value is -2.53. The van der Waals surface area contributed by atoms with Crippen LogP contribution in [0.4, 0.5) is 0 Å². The molecule has 2 aromatic rings. The van der Waals surface area contributed by atoms with Crippen LogP contribution in [0.25, 0.3) is 0 Å². The first kappa shape index (κ1) is 20.7.